The SMILES string of the molecule is CN(CCCN1Cc2cc3c(cc2C1=O)OCO3)CCc1csc2cc(OCC(=O)O)ccc12. The normalized spacial score (nSPS) is 14.3. The average molecular weight is 483 g/mol. The largest absolute Gasteiger partial charge is 0.482 e. The maximum atomic E-state index is 12.8. The quantitative estimate of drug-likeness (QED) is 0.472. The summed E-state index contributed by atoms with van der Waals surface area (Å²) in [5.74, 6) is 1.02. The predicted octanol–water partition coefficient (Wildman–Crippen LogP) is 3.61. The van der Waals surface area contributed by atoms with Crippen LogP contribution in [0, 0.1) is 0 Å². The van der Waals surface area contributed by atoms with Crippen LogP contribution in [0.4, 0.5) is 0 Å². The van der Waals surface area contributed by atoms with Crippen LogP contribution in [-0.4, -0.2) is 66.9 Å². The number of aliphatic carboxylic acids is 1. The molecular weight excluding hydrogens is 456 g/mol. The molecule has 1 amide bonds. The lowest BCUT2D eigenvalue weighted by Crippen LogP contribution is -2.29. The second kappa shape index (κ2) is 9.52. The number of thiophene rings is 1. The molecule has 8 nitrogen and oxygen atoms in total. The van der Waals surface area contributed by atoms with Gasteiger partial charge in [0.1, 0.15) is 5.75 Å². The molecule has 0 fully saturated rings. The summed E-state index contributed by atoms with van der Waals surface area (Å²) >= 11 is 1.64. The Balaban J connectivity index is 1.09. The van der Waals surface area contributed by atoms with E-state index >= 15 is 0 Å². The van der Waals surface area contributed by atoms with E-state index in [4.69, 9.17) is 19.3 Å². The summed E-state index contributed by atoms with van der Waals surface area (Å²) in [6.07, 6.45) is 1.82. The Kier molecular flexibility index (Phi) is 6.30. The molecule has 0 atom stereocenters. The Labute approximate surface area is 201 Å². The number of carboxylic acid groups (broad SMARTS) is 1. The molecule has 178 valence electrons. The van der Waals surface area contributed by atoms with Gasteiger partial charge in [-0.3, -0.25) is 4.79 Å². The van der Waals surface area contributed by atoms with E-state index in [9.17, 15) is 9.59 Å². The van der Waals surface area contributed by atoms with Crippen molar-refractivity contribution >= 4 is 33.3 Å². The van der Waals surface area contributed by atoms with Crippen LogP contribution in [0.25, 0.3) is 10.1 Å². The first kappa shape index (κ1) is 22.5. The number of carboxylic acids is 1. The number of nitrogens with zero attached hydrogens (tertiary/aromatic N) is 2. The molecule has 0 saturated carbocycles. The second-order valence-corrected chi connectivity index (χ2v) is 9.51. The van der Waals surface area contributed by atoms with Crippen molar-refractivity contribution in [3.8, 4) is 17.2 Å². The fraction of sp³-hybridized carbons (Fsp3) is 0.360. The highest BCUT2D eigenvalue weighted by Crippen LogP contribution is 2.38. The number of fused-ring (bicyclic) bond motifs is 3. The third-order valence-electron chi connectivity index (χ3n) is 6.20. The van der Waals surface area contributed by atoms with Gasteiger partial charge in [-0.2, -0.15) is 0 Å². The second-order valence-electron chi connectivity index (χ2n) is 8.60. The summed E-state index contributed by atoms with van der Waals surface area (Å²) in [6.45, 7) is 3.02. The van der Waals surface area contributed by atoms with Gasteiger partial charge in [0.2, 0.25) is 6.79 Å². The minimum absolute atomic E-state index is 0.0624. The summed E-state index contributed by atoms with van der Waals surface area (Å²) in [7, 11) is 2.10. The molecule has 2 aromatic carbocycles. The molecule has 0 aliphatic carbocycles. The number of amides is 1. The summed E-state index contributed by atoms with van der Waals surface area (Å²) in [4.78, 5) is 27.6. The molecule has 1 N–H and O–H groups in total. The average Bonchev–Trinajstić information content (AvgIpc) is 3.52. The zero-order chi connectivity index (χ0) is 23.7. The van der Waals surface area contributed by atoms with E-state index in [-0.39, 0.29) is 19.3 Å². The number of ether oxygens (including phenoxy) is 3. The van der Waals surface area contributed by atoms with Gasteiger partial charge in [0, 0.05) is 29.9 Å². The number of hydrogen-bond donors (Lipinski definition) is 1. The molecule has 34 heavy (non-hydrogen) atoms. The van der Waals surface area contributed by atoms with E-state index in [1.165, 1.54) is 10.9 Å². The van der Waals surface area contributed by atoms with Crippen LogP contribution >= 0.6 is 11.3 Å². The maximum Gasteiger partial charge on any atom is 0.341 e. The van der Waals surface area contributed by atoms with Crippen LogP contribution < -0.4 is 14.2 Å². The van der Waals surface area contributed by atoms with Crippen molar-refractivity contribution in [1.29, 1.82) is 0 Å². The van der Waals surface area contributed by atoms with Crippen molar-refractivity contribution in [3.05, 3.63) is 52.4 Å². The van der Waals surface area contributed by atoms with Gasteiger partial charge in [0.15, 0.2) is 18.1 Å². The number of hydrogen-bond acceptors (Lipinski definition) is 7. The molecule has 0 spiro atoms. The first-order chi connectivity index (χ1) is 16.5. The molecule has 0 bridgehead atoms. The van der Waals surface area contributed by atoms with Crippen LogP contribution in [-0.2, 0) is 17.8 Å². The van der Waals surface area contributed by atoms with Crippen molar-refractivity contribution in [2.24, 2.45) is 0 Å². The monoisotopic (exact) mass is 482 g/mol. The standard InChI is InChI=1S/C25H26N2O6S/c1-26(8-5-16-14-34-23-10-18(3-4-19(16)23)31-13-24(28)29)6-2-7-27-12-17-9-21-22(33-15-32-21)11-20(17)25(27)30/h3-4,9-11,14H,2,5-8,12-13,15H2,1H3,(H,28,29). The Morgan fingerprint density at radius 3 is 2.85 bits per heavy atom. The molecule has 1 aromatic heterocycles. The lowest BCUT2D eigenvalue weighted by molar-refractivity contribution is -0.139. The molecule has 0 unspecified atom stereocenters. The summed E-state index contributed by atoms with van der Waals surface area (Å²) in [6, 6.07) is 9.45. The lowest BCUT2D eigenvalue weighted by atomic mass is 10.1. The van der Waals surface area contributed by atoms with Gasteiger partial charge >= 0.3 is 5.97 Å². The van der Waals surface area contributed by atoms with E-state index in [1.54, 1.807) is 17.4 Å². The van der Waals surface area contributed by atoms with Crippen LogP contribution in [0.15, 0.2) is 35.7 Å². The van der Waals surface area contributed by atoms with Gasteiger partial charge in [-0.1, -0.05) is 0 Å². The number of likely N-dealkylation sites (N-methyl/N-ethyl adjacent to an activating group) is 1. The van der Waals surface area contributed by atoms with Gasteiger partial charge in [0.25, 0.3) is 5.91 Å². The molecule has 0 saturated heterocycles. The summed E-state index contributed by atoms with van der Waals surface area (Å²) < 4.78 is 17.2. The molecule has 2 aliphatic heterocycles. The molecule has 2 aliphatic rings. The number of benzene rings is 2. The van der Waals surface area contributed by atoms with Gasteiger partial charge in [-0.15, -0.1) is 11.3 Å². The van der Waals surface area contributed by atoms with Crippen LogP contribution in [0.2, 0.25) is 0 Å². The van der Waals surface area contributed by atoms with E-state index in [2.05, 4.69) is 17.3 Å². The Hall–Kier alpha value is -3.30. The van der Waals surface area contributed by atoms with Crippen molar-refractivity contribution < 1.29 is 28.9 Å². The fourth-order valence-electron chi connectivity index (χ4n) is 4.39. The smallest absolute Gasteiger partial charge is 0.341 e. The van der Waals surface area contributed by atoms with E-state index in [0.29, 0.717) is 24.6 Å². The minimum atomic E-state index is -0.985. The predicted molar refractivity (Wildman–Crippen MR) is 128 cm³/mol. The third kappa shape index (κ3) is 4.67. The molecule has 3 aromatic rings. The molecular formula is C25H26N2O6S. The molecule has 9 heteroatoms. The van der Waals surface area contributed by atoms with Gasteiger partial charge in [-0.05, 0) is 78.7 Å². The van der Waals surface area contributed by atoms with Crippen molar-refractivity contribution in [3.63, 3.8) is 0 Å². The summed E-state index contributed by atoms with van der Waals surface area (Å²) in [5, 5.41) is 12.1. The number of rotatable bonds is 10. The highest BCUT2D eigenvalue weighted by atomic mass is 32.1. The Bertz CT molecular complexity index is 1240. The summed E-state index contributed by atoms with van der Waals surface area (Å²) in [5.41, 5.74) is 3.00. The Morgan fingerprint density at radius 2 is 2.03 bits per heavy atom. The van der Waals surface area contributed by atoms with Crippen LogP contribution in [0.3, 0.4) is 0 Å². The highest BCUT2D eigenvalue weighted by molar-refractivity contribution is 7.17. The molecule has 3 heterocycles. The Morgan fingerprint density at radius 1 is 1.21 bits per heavy atom. The maximum absolute atomic E-state index is 12.8. The van der Waals surface area contributed by atoms with Gasteiger partial charge in [0.05, 0.1) is 0 Å². The zero-order valence-electron chi connectivity index (χ0n) is 18.9. The van der Waals surface area contributed by atoms with Crippen molar-refractivity contribution in [2.75, 3.05) is 40.1 Å². The fourth-order valence-corrected chi connectivity index (χ4v) is 5.41. The van der Waals surface area contributed by atoms with Crippen LogP contribution in [0.5, 0.6) is 17.2 Å². The first-order valence-corrected chi connectivity index (χ1v) is 12.1. The molecule has 5 rings (SSSR count). The molecule has 0 radical (unpaired) electrons. The third-order valence-corrected chi connectivity index (χ3v) is 7.19. The van der Waals surface area contributed by atoms with Gasteiger partial charge in [-0.25, -0.2) is 4.79 Å². The van der Waals surface area contributed by atoms with E-state index in [0.717, 1.165) is 47.5 Å². The van der Waals surface area contributed by atoms with Crippen molar-refractivity contribution in [1.82, 2.24) is 9.80 Å². The highest BCUT2D eigenvalue weighted by Gasteiger charge is 2.30. The van der Waals surface area contributed by atoms with Crippen LogP contribution in [0.1, 0.15) is 27.9 Å². The van der Waals surface area contributed by atoms with Crippen molar-refractivity contribution in [2.45, 2.75) is 19.4 Å². The first-order valence-electron chi connectivity index (χ1n) is 11.2. The van der Waals surface area contributed by atoms with E-state index < -0.39 is 5.97 Å². The van der Waals surface area contributed by atoms with E-state index in [1.807, 2.05) is 29.2 Å². The van der Waals surface area contributed by atoms with Gasteiger partial charge < -0.3 is 29.1 Å². The number of carbonyl (C=O) groups is 2. The topological polar surface area (TPSA) is 88.5 Å². The number of carbonyl (C=O) groups excluding carboxylic acids is 1. The lowest BCUT2D eigenvalue weighted by Gasteiger charge is -2.20. The minimum Gasteiger partial charge on any atom is -0.482 e. The zero-order valence-corrected chi connectivity index (χ0v) is 19.7.